The Balaban J connectivity index is 2.30. The van der Waals surface area contributed by atoms with Gasteiger partial charge in [-0.3, -0.25) is 0 Å². The van der Waals surface area contributed by atoms with Crippen LogP contribution in [0, 0.1) is 11.6 Å². The van der Waals surface area contributed by atoms with Crippen LogP contribution in [0.2, 0.25) is 0 Å². The minimum absolute atomic E-state index is 0.102. The second kappa shape index (κ2) is 5.27. The van der Waals surface area contributed by atoms with Crippen LogP contribution in [0.5, 0.6) is 0 Å². The predicted octanol–water partition coefficient (Wildman–Crippen LogP) is 3.79. The first-order valence-corrected chi connectivity index (χ1v) is 5.71. The Kier molecular flexibility index (Phi) is 3.74. The van der Waals surface area contributed by atoms with Gasteiger partial charge in [-0.15, -0.1) is 11.6 Å². The first kappa shape index (κ1) is 12.0. The molecule has 0 fully saturated rings. The monoisotopic (exact) mass is 257 g/mol. The molecule has 0 aliphatic heterocycles. The lowest BCUT2D eigenvalue weighted by Crippen LogP contribution is -1.87. The van der Waals surface area contributed by atoms with E-state index in [9.17, 15) is 8.78 Å². The van der Waals surface area contributed by atoms with Gasteiger partial charge in [0, 0.05) is 12.3 Å². The van der Waals surface area contributed by atoms with Crippen molar-refractivity contribution in [2.75, 3.05) is 5.88 Å². The molecule has 0 saturated heterocycles. The van der Waals surface area contributed by atoms with Crippen LogP contribution in [0.15, 0.2) is 28.8 Å². The number of hydrogen-bond donors (Lipinski definition) is 0. The van der Waals surface area contributed by atoms with E-state index in [1.54, 1.807) is 0 Å². The standard InChI is InChI=1S/C12H10ClF2NO/c13-6-2-5-11-16-7-10(17-11)12-8(14)3-1-4-9(12)15/h1,3-4,7H,2,5-6H2. The highest BCUT2D eigenvalue weighted by Crippen LogP contribution is 2.26. The van der Waals surface area contributed by atoms with E-state index >= 15 is 0 Å². The molecule has 0 spiro atoms. The second-order valence-electron chi connectivity index (χ2n) is 3.51. The van der Waals surface area contributed by atoms with Gasteiger partial charge in [0.15, 0.2) is 11.7 Å². The van der Waals surface area contributed by atoms with Gasteiger partial charge < -0.3 is 4.42 Å². The topological polar surface area (TPSA) is 26.0 Å². The molecule has 0 bridgehead atoms. The Morgan fingerprint density at radius 3 is 2.59 bits per heavy atom. The highest BCUT2D eigenvalue weighted by atomic mass is 35.5. The lowest BCUT2D eigenvalue weighted by Gasteiger charge is -2.00. The van der Waals surface area contributed by atoms with Gasteiger partial charge in [0.2, 0.25) is 0 Å². The molecule has 0 atom stereocenters. The lowest BCUT2D eigenvalue weighted by atomic mass is 10.1. The number of nitrogens with zero attached hydrogens (tertiary/aromatic N) is 1. The molecule has 5 heteroatoms. The largest absolute Gasteiger partial charge is 0.441 e. The number of benzene rings is 1. The normalized spacial score (nSPS) is 10.8. The fourth-order valence-corrected chi connectivity index (χ4v) is 1.63. The molecule has 1 heterocycles. The van der Waals surface area contributed by atoms with Crippen molar-refractivity contribution in [3.05, 3.63) is 41.9 Å². The average molecular weight is 258 g/mol. The van der Waals surface area contributed by atoms with Gasteiger partial charge in [-0.1, -0.05) is 6.07 Å². The number of aryl methyl sites for hydroxylation is 1. The van der Waals surface area contributed by atoms with E-state index in [0.29, 0.717) is 24.6 Å². The molecular weight excluding hydrogens is 248 g/mol. The van der Waals surface area contributed by atoms with Crippen LogP contribution in [0.1, 0.15) is 12.3 Å². The molecule has 90 valence electrons. The molecule has 0 aliphatic rings. The van der Waals surface area contributed by atoms with E-state index in [-0.39, 0.29) is 11.3 Å². The third-order valence-electron chi connectivity index (χ3n) is 2.29. The van der Waals surface area contributed by atoms with Crippen molar-refractivity contribution in [3.8, 4) is 11.3 Å². The quantitative estimate of drug-likeness (QED) is 0.779. The summed E-state index contributed by atoms with van der Waals surface area (Å²) in [6, 6.07) is 3.66. The Bertz CT molecular complexity index is 493. The SMILES string of the molecule is Fc1cccc(F)c1-c1cnc(CCCCl)o1. The van der Waals surface area contributed by atoms with Gasteiger partial charge in [0.25, 0.3) is 0 Å². The summed E-state index contributed by atoms with van der Waals surface area (Å²) < 4.78 is 32.2. The molecule has 0 aliphatic carbocycles. The zero-order valence-corrected chi connectivity index (χ0v) is 9.68. The van der Waals surface area contributed by atoms with Crippen LogP contribution >= 0.6 is 11.6 Å². The molecule has 0 radical (unpaired) electrons. The van der Waals surface area contributed by atoms with Crippen LogP contribution in [-0.4, -0.2) is 10.9 Å². The highest BCUT2D eigenvalue weighted by molar-refractivity contribution is 6.17. The fraction of sp³-hybridized carbons (Fsp3) is 0.250. The average Bonchev–Trinajstić information content (AvgIpc) is 2.75. The van der Waals surface area contributed by atoms with Gasteiger partial charge in [0.05, 0.1) is 11.8 Å². The van der Waals surface area contributed by atoms with E-state index in [1.807, 2.05) is 0 Å². The molecule has 0 unspecified atom stereocenters. The number of hydrogen-bond acceptors (Lipinski definition) is 2. The smallest absolute Gasteiger partial charge is 0.194 e. The zero-order chi connectivity index (χ0) is 12.3. The Hall–Kier alpha value is -1.42. The third kappa shape index (κ3) is 2.64. The van der Waals surface area contributed by atoms with Gasteiger partial charge >= 0.3 is 0 Å². The maximum absolute atomic E-state index is 13.4. The van der Waals surface area contributed by atoms with Crippen molar-refractivity contribution in [1.82, 2.24) is 4.98 Å². The second-order valence-corrected chi connectivity index (χ2v) is 3.89. The maximum atomic E-state index is 13.4. The molecule has 0 saturated carbocycles. The molecule has 1 aromatic heterocycles. The minimum Gasteiger partial charge on any atom is -0.441 e. The van der Waals surface area contributed by atoms with Crippen molar-refractivity contribution in [2.45, 2.75) is 12.8 Å². The summed E-state index contributed by atoms with van der Waals surface area (Å²) in [4.78, 5) is 3.95. The number of aromatic nitrogens is 1. The summed E-state index contributed by atoms with van der Waals surface area (Å²) >= 11 is 5.54. The van der Waals surface area contributed by atoms with Crippen molar-refractivity contribution in [2.24, 2.45) is 0 Å². The number of halogens is 3. The first-order chi connectivity index (χ1) is 8.22. The molecule has 0 N–H and O–H groups in total. The van der Waals surface area contributed by atoms with Gasteiger partial charge in [-0.2, -0.15) is 0 Å². The number of rotatable bonds is 4. The van der Waals surface area contributed by atoms with Crippen LogP contribution in [0.25, 0.3) is 11.3 Å². The summed E-state index contributed by atoms with van der Waals surface area (Å²) in [6.45, 7) is 0. The summed E-state index contributed by atoms with van der Waals surface area (Å²) in [5, 5.41) is 0. The summed E-state index contributed by atoms with van der Waals surface area (Å²) in [5.41, 5.74) is -0.183. The Morgan fingerprint density at radius 2 is 1.94 bits per heavy atom. The molecular formula is C12H10ClF2NO. The van der Waals surface area contributed by atoms with Crippen LogP contribution in [-0.2, 0) is 6.42 Å². The fourth-order valence-electron chi connectivity index (χ4n) is 1.49. The van der Waals surface area contributed by atoms with Crippen molar-refractivity contribution in [1.29, 1.82) is 0 Å². The van der Waals surface area contributed by atoms with E-state index in [1.165, 1.54) is 24.4 Å². The first-order valence-electron chi connectivity index (χ1n) is 5.17. The number of alkyl halides is 1. The van der Waals surface area contributed by atoms with Crippen LogP contribution < -0.4 is 0 Å². The van der Waals surface area contributed by atoms with E-state index in [4.69, 9.17) is 16.0 Å². The summed E-state index contributed by atoms with van der Waals surface area (Å²) in [6.07, 6.45) is 2.59. The van der Waals surface area contributed by atoms with Crippen LogP contribution in [0.3, 0.4) is 0 Å². The Labute approximate surface area is 102 Å². The molecule has 1 aromatic carbocycles. The van der Waals surface area contributed by atoms with Gasteiger partial charge in [0.1, 0.15) is 11.6 Å². The molecule has 2 nitrogen and oxygen atoms in total. The summed E-state index contributed by atoms with van der Waals surface area (Å²) in [5.74, 6) is -0.297. The Morgan fingerprint density at radius 1 is 1.24 bits per heavy atom. The van der Waals surface area contributed by atoms with Gasteiger partial charge in [-0.05, 0) is 18.6 Å². The third-order valence-corrected chi connectivity index (χ3v) is 2.55. The van der Waals surface area contributed by atoms with Crippen LogP contribution in [0.4, 0.5) is 8.78 Å². The molecule has 2 aromatic rings. The van der Waals surface area contributed by atoms with Gasteiger partial charge in [-0.25, -0.2) is 13.8 Å². The van der Waals surface area contributed by atoms with Crippen molar-refractivity contribution in [3.63, 3.8) is 0 Å². The minimum atomic E-state index is -0.662. The van der Waals surface area contributed by atoms with E-state index in [2.05, 4.69) is 4.98 Å². The molecule has 17 heavy (non-hydrogen) atoms. The summed E-state index contributed by atoms with van der Waals surface area (Å²) in [7, 11) is 0. The zero-order valence-electron chi connectivity index (χ0n) is 8.92. The highest BCUT2D eigenvalue weighted by Gasteiger charge is 2.15. The van der Waals surface area contributed by atoms with E-state index < -0.39 is 11.6 Å². The van der Waals surface area contributed by atoms with Crippen molar-refractivity contribution >= 4 is 11.6 Å². The van der Waals surface area contributed by atoms with E-state index in [0.717, 1.165) is 0 Å². The molecule has 0 amide bonds. The molecule has 2 rings (SSSR count). The predicted molar refractivity (Wildman–Crippen MR) is 60.9 cm³/mol. The van der Waals surface area contributed by atoms with Crippen molar-refractivity contribution < 1.29 is 13.2 Å². The maximum Gasteiger partial charge on any atom is 0.194 e. The number of oxazole rings is 1. The lowest BCUT2D eigenvalue weighted by molar-refractivity contribution is 0.493.